The van der Waals surface area contributed by atoms with E-state index in [1.54, 1.807) is 31.2 Å². The summed E-state index contributed by atoms with van der Waals surface area (Å²) < 4.78 is 46.4. The van der Waals surface area contributed by atoms with E-state index >= 15 is 0 Å². The molecule has 0 saturated carbocycles. The molecule has 4 rings (SSSR count). The maximum absolute atomic E-state index is 14.0. The lowest BCUT2D eigenvalue weighted by molar-refractivity contribution is 0.0730. The predicted octanol–water partition coefficient (Wildman–Crippen LogP) is 3.53. The maximum atomic E-state index is 14.0. The minimum absolute atomic E-state index is 0.103. The molecule has 7 nitrogen and oxygen atoms in total. The minimum atomic E-state index is -3.69. The van der Waals surface area contributed by atoms with Crippen molar-refractivity contribution in [2.75, 3.05) is 31.6 Å². The van der Waals surface area contributed by atoms with Crippen LogP contribution in [0.1, 0.15) is 15.2 Å². The van der Waals surface area contributed by atoms with Gasteiger partial charge < -0.3 is 10.1 Å². The van der Waals surface area contributed by atoms with Crippen LogP contribution in [0.3, 0.4) is 0 Å². The van der Waals surface area contributed by atoms with Gasteiger partial charge in [0.25, 0.3) is 5.91 Å². The van der Waals surface area contributed by atoms with Gasteiger partial charge in [-0.1, -0.05) is 18.2 Å². The Balaban J connectivity index is 1.56. The fourth-order valence-electron chi connectivity index (χ4n) is 3.15. The average molecular weight is 462 g/mol. The molecule has 162 valence electrons. The van der Waals surface area contributed by atoms with Crippen molar-refractivity contribution < 1.29 is 22.3 Å². The van der Waals surface area contributed by atoms with E-state index in [2.05, 4.69) is 10.3 Å². The van der Waals surface area contributed by atoms with Gasteiger partial charge in [-0.15, -0.1) is 11.3 Å². The number of benzene rings is 2. The van der Waals surface area contributed by atoms with Crippen LogP contribution < -0.4 is 5.32 Å². The molecular weight excluding hydrogens is 441 g/mol. The second kappa shape index (κ2) is 8.83. The number of nitrogens with zero attached hydrogens (tertiary/aromatic N) is 2. The third kappa shape index (κ3) is 4.52. The number of hydrogen-bond donors (Lipinski definition) is 1. The molecule has 1 aromatic heterocycles. The maximum Gasteiger partial charge on any atom is 0.267 e. The third-order valence-electron chi connectivity index (χ3n) is 4.90. The van der Waals surface area contributed by atoms with E-state index in [0.717, 1.165) is 11.3 Å². The lowest BCUT2D eigenvalue weighted by Gasteiger charge is -2.26. The highest BCUT2D eigenvalue weighted by atomic mass is 32.2. The molecule has 0 bridgehead atoms. The molecule has 0 atom stereocenters. The molecule has 0 aliphatic carbocycles. The zero-order valence-corrected chi connectivity index (χ0v) is 18.3. The monoisotopic (exact) mass is 461 g/mol. The van der Waals surface area contributed by atoms with Crippen LogP contribution in [0, 0.1) is 12.7 Å². The van der Waals surface area contributed by atoms with E-state index in [9.17, 15) is 17.6 Å². The van der Waals surface area contributed by atoms with Crippen LogP contribution in [-0.2, 0) is 14.8 Å². The molecule has 0 radical (unpaired) electrons. The molecular formula is C21H20FN3O4S2. The summed E-state index contributed by atoms with van der Waals surface area (Å²) in [5.41, 5.74) is 1.43. The summed E-state index contributed by atoms with van der Waals surface area (Å²) in [6, 6.07) is 10.8. The second-order valence-electron chi connectivity index (χ2n) is 6.96. The number of ether oxygens (including phenoxy) is 1. The van der Waals surface area contributed by atoms with Crippen LogP contribution >= 0.6 is 11.3 Å². The predicted molar refractivity (Wildman–Crippen MR) is 116 cm³/mol. The van der Waals surface area contributed by atoms with Gasteiger partial charge in [0.2, 0.25) is 10.0 Å². The molecule has 1 N–H and O–H groups in total. The summed E-state index contributed by atoms with van der Waals surface area (Å²) in [6.07, 6.45) is 1.38. The van der Waals surface area contributed by atoms with Gasteiger partial charge in [0.05, 0.1) is 24.3 Å². The normalized spacial score (nSPS) is 15.0. The van der Waals surface area contributed by atoms with Crippen molar-refractivity contribution in [2.24, 2.45) is 0 Å². The first-order valence-electron chi connectivity index (χ1n) is 9.57. The molecule has 1 fully saturated rings. The zero-order chi connectivity index (χ0) is 22.0. The van der Waals surface area contributed by atoms with E-state index in [1.165, 1.54) is 28.7 Å². The van der Waals surface area contributed by atoms with Gasteiger partial charge in [0.1, 0.15) is 15.7 Å². The molecule has 1 saturated heterocycles. The Morgan fingerprint density at radius 3 is 2.68 bits per heavy atom. The van der Waals surface area contributed by atoms with Gasteiger partial charge in [0, 0.05) is 24.3 Å². The molecule has 10 heteroatoms. The van der Waals surface area contributed by atoms with Crippen molar-refractivity contribution in [1.29, 1.82) is 0 Å². The molecule has 0 spiro atoms. The highest BCUT2D eigenvalue weighted by Gasteiger charge is 2.27. The highest BCUT2D eigenvalue weighted by molar-refractivity contribution is 7.89. The highest BCUT2D eigenvalue weighted by Crippen LogP contribution is 2.29. The first-order chi connectivity index (χ1) is 14.9. The number of sulfonamides is 1. The van der Waals surface area contributed by atoms with Crippen molar-refractivity contribution in [3.8, 4) is 10.6 Å². The lowest BCUT2D eigenvalue weighted by atomic mass is 10.2. The fourth-order valence-corrected chi connectivity index (χ4v) is 5.43. The van der Waals surface area contributed by atoms with E-state index in [1.807, 2.05) is 0 Å². The Labute approximate surface area is 183 Å². The molecule has 1 amide bonds. The van der Waals surface area contributed by atoms with Crippen LogP contribution in [0.15, 0.2) is 53.6 Å². The number of aryl methyl sites for hydroxylation is 1. The van der Waals surface area contributed by atoms with Gasteiger partial charge in [0.15, 0.2) is 0 Å². The Kier molecular flexibility index (Phi) is 6.15. The van der Waals surface area contributed by atoms with Gasteiger partial charge >= 0.3 is 0 Å². The zero-order valence-electron chi connectivity index (χ0n) is 16.7. The number of carbonyl (C=O) groups excluding carboxylic acids is 1. The van der Waals surface area contributed by atoms with Gasteiger partial charge in [-0.2, -0.15) is 4.31 Å². The number of nitrogens with one attached hydrogen (secondary N) is 1. The minimum Gasteiger partial charge on any atom is -0.379 e. The van der Waals surface area contributed by atoms with Gasteiger partial charge in [-0.05, 0) is 36.8 Å². The SMILES string of the molecule is Cc1ccc(S(=O)(=O)N2CCOCC2)cc1NC(=O)c1cnc(-c2ccccc2F)s1. The van der Waals surface area contributed by atoms with E-state index in [4.69, 9.17) is 4.74 Å². The Hall–Kier alpha value is -2.66. The molecule has 1 aliphatic heterocycles. The largest absolute Gasteiger partial charge is 0.379 e. The van der Waals surface area contributed by atoms with Crippen LogP contribution in [0.2, 0.25) is 0 Å². The van der Waals surface area contributed by atoms with Crippen molar-refractivity contribution >= 4 is 33.0 Å². The van der Waals surface area contributed by atoms with Crippen molar-refractivity contribution in [1.82, 2.24) is 9.29 Å². The molecule has 2 aromatic carbocycles. The van der Waals surface area contributed by atoms with E-state index in [0.29, 0.717) is 39.9 Å². The van der Waals surface area contributed by atoms with Crippen molar-refractivity contribution in [3.63, 3.8) is 0 Å². The molecule has 0 unspecified atom stereocenters. The Morgan fingerprint density at radius 1 is 1.19 bits per heavy atom. The van der Waals surface area contributed by atoms with Crippen LogP contribution in [0.4, 0.5) is 10.1 Å². The third-order valence-corrected chi connectivity index (χ3v) is 7.82. The number of anilines is 1. The molecule has 3 aromatic rings. The van der Waals surface area contributed by atoms with Gasteiger partial charge in [-0.25, -0.2) is 17.8 Å². The fraction of sp³-hybridized carbons (Fsp3) is 0.238. The number of aromatic nitrogens is 1. The summed E-state index contributed by atoms with van der Waals surface area (Å²) >= 11 is 1.06. The standard InChI is InChI=1S/C21H20FN3O4S2/c1-14-6-7-15(31(27,28)25-8-10-29-11-9-25)12-18(14)24-20(26)19-13-23-21(30-19)16-4-2-3-5-17(16)22/h2-7,12-13H,8-11H2,1H3,(H,24,26). The molecule has 1 aliphatic rings. The second-order valence-corrected chi connectivity index (χ2v) is 9.93. The van der Waals surface area contributed by atoms with Crippen LogP contribution in [0.25, 0.3) is 10.6 Å². The van der Waals surface area contributed by atoms with Crippen LogP contribution in [0.5, 0.6) is 0 Å². The number of rotatable bonds is 5. The van der Waals surface area contributed by atoms with Crippen molar-refractivity contribution in [2.45, 2.75) is 11.8 Å². The van der Waals surface area contributed by atoms with E-state index in [-0.39, 0.29) is 18.0 Å². The Bertz CT molecular complexity index is 1220. The topological polar surface area (TPSA) is 88.6 Å². The number of amides is 1. The first kappa shape index (κ1) is 21.6. The number of carbonyl (C=O) groups is 1. The number of hydrogen-bond acceptors (Lipinski definition) is 6. The Morgan fingerprint density at radius 2 is 1.94 bits per heavy atom. The van der Waals surface area contributed by atoms with Crippen LogP contribution in [-0.4, -0.2) is 49.9 Å². The summed E-state index contributed by atoms with van der Waals surface area (Å²) in [4.78, 5) is 17.3. The smallest absolute Gasteiger partial charge is 0.267 e. The quantitative estimate of drug-likeness (QED) is 0.628. The molecule has 2 heterocycles. The summed E-state index contributed by atoms with van der Waals surface area (Å²) in [5, 5.41) is 3.14. The summed E-state index contributed by atoms with van der Waals surface area (Å²) in [5.74, 6) is -0.857. The first-order valence-corrected chi connectivity index (χ1v) is 11.8. The van der Waals surface area contributed by atoms with E-state index < -0.39 is 21.7 Å². The molecule has 31 heavy (non-hydrogen) atoms. The summed E-state index contributed by atoms with van der Waals surface area (Å²) in [6.45, 7) is 3.06. The summed E-state index contributed by atoms with van der Waals surface area (Å²) in [7, 11) is -3.69. The van der Waals surface area contributed by atoms with Gasteiger partial charge in [-0.3, -0.25) is 4.79 Å². The number of morpholine rings is 1. The average Bonchev–Trinajstić information content (AvgIpc) is 3.26. The van der Waals surface area contributed by atoms with Crippen molar-refractivity contribution in [3.05, 3.63) is 64.9 Å². The lowest BCUT2D eigenvalue weighted by Crippen LogP contribution is -2.40. The number of halogens is 1. The number of thiazole rings is 1.